The van der Waals surface area contributed by atoms with Crippen molar-refractivity contribution in [2.24, 2.45) is 17.3 Å². The molecule has 0 bridgehead atoms. The van der Waals surface area contributed by atoms with Crippen LogP contribution in [0.1, 0.15) is 73.7 Å². The molecule has 0 aromatic heterocycles. The number of rotatable bonds is 5. The number of carbonyl (C=O) groups is 2. The lowest BCUT2D eigenvalue weighted by Gasteiger charge is -2.52. The van der Waals surface area contributed by atoms with Gasteiger partial charge in [-0.3, -0.25) is 14.5 Å². The third-order valence-electron chi connectivity index (χ3n) is 10.8. The van der Waals surface area contributed by atoms with E-state index in [1.165, 1.54) is 16.7 Å². The lowest BCUT2D eigenvalue weighted by molar-refractivity contribution is -0.114. The van der Waals surface area contributed by atoms with Crippen LogP contribution in [-0.4, -0.2) is 91.0 Å². The number of hydrogen-bond acceptors (Lipinski definition) is 5. The molecule has 1 N–H and O–H groups in total. The molecule has 6 heteroatoms. The van der Waals surface area contributed by atoms with E-state index in [1.54, 1.807) is 5.57 Å². The SMILES string of the molecule is CN(C)CCN1CCN(C(=O)c2ccc([C@H]3CC4(C)C(O)CC[C@H]4C4CCC5=CC(=O)CCC5=C43)cc2)CC1. The lowest BCUT2D eigenvalue weighted by atomic mass is 9.53. The Hall–Kier alpha value is -2.28. The van der Waals surface area contributed by atoms with Crippen molar-refractivity contribution < 1.29 is 14.7 Å². The van der Waals surface area contributed by atoms with E-state index in [0.29, 0.717) is 18.3 Å². The lowest BCUT2D eigenvalue weighted by Crippen LogP contribution is -2.50. The minimum atomic E-state index is -0.251. The molecule has 210 valence electrons. The number of hydrogen-bond donors (Lipinski definition) is 1. The van der Waals surface area contributed by atoms with Crippen molar-refractivity contribution in [2.45, 2.75) is 63.9 Å². The van der Waals surface area contributed by atoms with Crippen LogP contribution in [0.4, 0.5) is 0 Å². The highest BCUT2D eigenvalue weighted by Gasteiger charge is 2.56. The normalized spacial score (nSPS) is 33.1. The molecule has 1 aromatic carbocycles. The number of benzene rings is 1. The van der Waals surface area contributed by atoms with E-state index in [-0.39, 0.29) is 29.1 Å². The molecule has 4 aliphatic carbocycles. The van der Waals surface area contributed by atoms with Crippen LogP contribution in [0.25, 0.3) is 0 Å². The number of amides is 1. The molecule has 1 amide bonds. The van der Waals surface area contributed by atoms with E-state index in [9.17, 15) is 14.7 Å². The van der Waals surface area contributed by atoms with Gasteiger partial charge in [0, 0.05) is 57.2 Å². The topological polar surface area (TPSA) is 64.1 Å². The zero-order valence-corrected chi connectivity index (χ0v) is 24.0. The van der Waals surface area contributed by atoms with Crippen molar-refractivity contribution in [3.63, 3.8) is 0 Å². The Labute approximate surface area is 233 Å². The van der Waals surface area contributed by atoms with Crippen molar-refractivity contribution in [3.8, 4) is 0 Å². The van der Waals surface area contributed by atoms with Gasteiger partial charge in [0.25, 0.3) is 5.91 Å². The third kappa shape index (κ3) is 4.93. The summed E-state index contributed by atoms with van der Waals surface area (Å²) in [4.78, 5) is 32.3. The molecule has 1 saturated heterocycles. The van der Waals surface area contributed by atoms with Gasteiger partial charge in [-0.2, -0.15) is 0 Å². The van der Waals surface area contributed by atoms with Crippen LogP contribution in [0.2, 0.25) is 0 Å². The molecule has 5 atom stereocenters. The highest BCUT2D eigenvalue weighted by molar-refractivity contribution is 5.94. The van der Waals surface area contributed by atoms with Gasteiger partial charge in [0.15, 0.2) is 5.78 Å². The minimum Gasteiger partial charge on any atom is -0.393 e. The molecule has 0 radical (unpaired) electrons. The van der Waals surface area contributed by atoms with Gasteiger partial charge in [0.05, 0.1) is 6.10 Å². The van der Waals surface area contributed by atoms with Crippen LogP contribution < -0.4 is 0 Å². The van der Waals surface area contributed by atoms with Crippen LogP contribution in [0.3, 0.4) is 0 Å². The summed E-state index contributed by atoms with van der Waals surface area (Å²) in [6, 6.07) is 8.40. The van der Waals surface area contributed by atoms with Gasteiger partial charge in [-0.05, 0) is 105 Å². The summed E-state index contributed by atoms with van der Waals surface area (Å²) in [6.07, 6.45) is 8.13. The summed E-state index contributed by atoms with van der Waals surface area (Å²) in [7, 11) is 4.20. The van der Waals surface area contributed by atoms with Crippen LogP contribution in [0, 0.1) is 17.3 Å². The average molecular weight is 532 g/mol. The van der Waals surface area contributed by atoms with E-state index in [0.717, 1.165) is 83.4 Å². The van der Waals surface area contributed by atoms with E-state index in [2.05, 4.69) is 43.0 Å². The Morgan fingerprint density at radius 3 is 2.49 bits per heavy atom. The van der Waals surface area contributed by atoms with Crippen molar-refractivity contribution in [1.29, 1.82) is 0 Å². The molecule has 6 rings (SSSR count). The second kappa shape index (κ2) is 10.6. The maximum absolute atomic E-state index is 13.4. The zero-order valence-electron chi connectivity index (χ0n) is 24.0. The standard InChI is InChI=1S/C33H45N3O3/c1-33-21-28(31-26-11-9-25(37)20-24(26)8-10-27(31)29(33)12-13-30(33)38)22-4-6-23(7-5-22)32(39)36-18-16-35(17-19-36)15-14-34(2)3/h4-7,20,27-30,38H,8-19,21H2,1-3H3/t27?,28-,29+,30?,33?/m1/s1. The van der Waals surface area contributed by atoms with Crippen molar-refractivity contribution in [1.82, 2.24) is 14.7 Å². The van der Waals surface area contributed by atoms with Gasteiger partial charge < -0.3 is 14.9 Å². The Bertz CT molecular complexity index is 1180. The molecule has 1 aliphatic heterocycles. The Balaban J connectivity index is 1.24. The number of likely N-dealkylation sites (N-methyl/N-ethyl adjacent to an activating group) is 1. The highest BCUT2D eigenvalue weighted by atomic mass is 16.3. The molecule has 1 aromatic rings. The number of piperazine rings is 1. The predicted octanol–water partition coefficient (Wildman–Crippen LogP) is 4.27. The summed E-state index contributed by atoms with van der Waals surface area (Å²) >= 11 is 0. The van der Waals surface area contributed by atoms with Crippen LogP contribution in [0.5, 0.6) is 0 Å². The monoisotopic (exact) mass is 531 g/mol. The maximum Gasteiger partial charge on any atom is 0.253 e. The first-order chi connectivity index (χ1) is 18.7. The van der Waals surface area contributed by atoms with E-state index in [1.807, 2.05) is 23.1 Å². The fraction of sp³-hybridized carbons (Fsp3) is 0.636. The average Bonchev–Trinajstić information content (AvgIpc) is 3.25. The second-order valence-electron chi connectivity index (χ2n) is 13.2. The van der Waals surface area contributed by atoms with E-state index < -0.39 is 0 Å². The van der Waals surface area contributed by atoms with Gasteiger partial charge in [-0.15, -0.1) is 0 Å². The first-order valence-electron chi connectivity index (χ1n) is 15.2. The summed E-state index contributed by atoms with van der Waals surface area (Å²) in [6.45, 7) is 7.82. The molecule has 3 fully saturated rings. The molecular formula is C33H45N3O3. The highest BCUT2D eigenvalue weighted by Crippen LogP contribution is 2.63. The molecule has 39 heavy (non-hydrogen) atoms. The van der Waals surface area contributed by atoms with Gasteiger partial charge in [-0.1, -0.05) is 24.6 Å². The minimum absolute atomic E-state index is 0.0775. The smallest absolute Gasteiger partial charge is 0.253 e. The van der Waals surface area contributed by atoms with Gasteiger partial charge in [0.2, 0.25) is 0 Å². The molecular weight excluding hydrogens is 486 g/mol. The number of allylic oxidation sites excluding steroid dienone is 4. The first-order valence-corrected chi connectivity index (χ1v) is 15.2. The number of carbonyl (C=O) groups excluding carboxylic acids is 2. The largest absolute Gasteiger partial charge is 0.393 e. The zero-order chi connectivity index (χ0) is 27.3. The van der Waals surface area contributed by atoms with Crippen LogP contribution >= 0.6 is 0 Å². The number of ketones is 1. The quantitative estimate of drug-likeness (QED) is 0.615. The fourth-order valence-electron chi connectivity index (χ4n) is 8.49. The molecule has 6 nitrogen and oxygen atoms in total. The molecule has 5 aliphatic rings. The molecule has 1 heterocycles. The third-order valence-corrected chi connectivity index (χ3v) is 10.8. The summed E-state index contributed by atoms with van der Waals surface area (Å²) in [5.41, 5.74) is 6.19. The number of fused-ring (bicyclic) bond motifs is 4. The number of aliphatic hydroxyl groups is 1. The van der Waals surface area contributed by atoms with Gasteiger partial charge in [-0.25, -0.2) is 0 Å². The molecule has 0 spiro atoms. The molecule has 3 unspecified atom stereocenters. The van der Waals surface area contributed by atoms with Gasteiger partial charge in [0.1, 0.15) is 0 Å². The maximum atomic E-state index is 13.4. The Kier molecular flexibility index (Phi) is 7.32. The van der Waals surface area contributed by atoms with Gasteiger partial charge >= 0.3 is 0 Å². The van der Waals surface area contributed by atoms with Crippen LogP contribution in [0.15, 0.2) is 47.1 Å². The Morgan fingerprint density at radius 1 is 1.03 bits per heavy atom. The van der Waals surface area contributed by atoms with Crippen molar-refractivity contribution in [2.75, 3.05) is 53.4 Å². The molecule has 2 saturated carbocycles. The Morgan fingerprint density at radius 2 is 1.77 bits per heavy atom. The first kappa shape index (κ1) is 26.9. The van der Waals surface area contributed by atoms with Crippen molar-refractivity contribution >= 4 is 11.7 Å². The van der Waals surface area contributed by atoms with Crippen LogP contribution in [-0.2, 0) is 4.79 Å². The summed E-state index contributed by atoms with van der Waals surface area (Å²) < 4.78 is 0. The number of aliphatic hydroxyl groups excluding tert-OH is 1. The van der Waals surface area contributed by atoms with Crippen molar-refractivity contribution in [3.05, 3.63) is 58.2 Å². The second-order valence-corrected chi connectivity index (χ2v) is 13.2. The summed E-state index contributed by atoms with van der Waals surface area (Å²) in [5, 5.41) is 11.1. The fourth-order valence-corrected chi connectivity index (χ4v) is 8.49. The predicted molar refractivity (Wildman–Crippen MR) is 154 cm³/mol. The number of nitrogens with zero attached hydrogens (tertiary/aromatic N) is 3. The van der Waals surface area contributed by atoms with E-state index in [4.69, 9.17) is 0 Å². The van der Waals surface area contributed by atoms with E-state index >= 15 is 0 Å². The summed E-state index contributed by atoms with van der Waals surface area (Å²) in [5.74, 6) is 1.63.